The highest BCUT2D eigenvalue weighted by Crippen LogP contribution is 2.23. The summed E-state index contributed by atoms with van der Waals surface area (Å²) in [4.78, 5) is 12.2. The third-order valence-electron chi connectivity index (χ3n) is 4.02. The maximum atomic E-state index is 12.2. The van der Waals surface area contributed by atoms with Gasteiger partial charge in [-0.05, 0) is 54.2 Å². The van der Waals surface area contributed by atoms with Crippen LogP contribution in [-0.2, 0) is 11.2 Å². The van der Waals surface area contributed by atoms with Gasteiger partial charge in [0.05, 0.1) is 12.1 Å². The highest BCUT2D eigenvalue weighted by Gasteiger charge is 2.09. The lowest BCUT2D eigenvalue weighted by atomic mass is 10.1. The highest BCUT2D eigenvalue weighted by atomic mass is 35.5. The number of hydrogen-bond donors (Lipinski definition) is 2. The number of hydrogen-bond acceptors (Lipinski definition) is 4. The summed E-state index contributed by atoms with van der Waals surface area (Å²) in [5.74, 6) is 1.19. The van der Waals surface area contributed by atoms with Crippen LogP contribution >= 0.6 is 23.8 Å². The molecule has 30 heavy (non-hydrogen) atoms. The summed E-state index contributed by atoms with van der Waals surface area (Å²) in [6.45, 7) is 0.768. The number of carbonyl (C=O) groups is 1. The van der Waals surface area contributed by atoms with E-state index in [0.29, 0.717) is 29.7 Å². The zero-order chi connectivity index (χ0) is 21.2. The van der Waals surface area contributed by atoms with Crippen molar-refractivity contribution in [1.29, 1.82) is 0 Å². The summed E-state index contributed by atoms with van der Waals surface area (Å²) in [6, 6.07) is 24.0. The largest absolute Gasteiger partial charge is 0.490 e. The number of thiocarbonyl (C=S) groups is 1. The maximum absolute atomic E-state index is 12.2. The van der Waals surface area contributed by atoms with E-state index in [1.807, 2.05) is 54.6 Å². The smallest absolute Gasteiger partial charge is 0.230 e. The van der Waals surface area contributed by atoms with Crippen molar-refractivity contribution in [2.75, 3.05) is 18.5 Å². The number of amides is 1. The van der Waals surface area contributed by atoms with Gasteiger partial charge in [0.2, 0.25) is 5.91 Å². The molecule has 7 heteroatoms. The van der Waals surface area contributed by atoms with Crippen LogP contribution < -0.4 is 20.1 Å². The van der Waals surface area contributed by atoms with Crippen LogP contribution in [0.25, 0.3) is 0 Å². The third kappa shape index (κ3) is 7.06. The van der Waals surface area contributed by atoms with E-state index in [-0.39, 0.29) is 17.4 Å². The Kier molecular flexibility index (Phi) is 8.06. The van der Waals surface area contributed by atoms with E-state index in [1.165, 1.54) is 0 Å². The Balaban J connectivity index is 1.47. The minimum atomic E-state index is -0.218. The van der Waals surface area contributed by atoms with Crippen LogP contribution in [0.4, 0.5) is 5.69 Å². The van der Waals surface area contributed by atoms with E-state index in [1.54, 1.807) is 24.3 Å². The van der Waals surface area contributed by atoms with Crippen molar-refractivity contribution in [3.05, 3.63) is 89.4 Å². The Bertz CT molecular complexity index is 981. The SMILES string of the molecule is O=C(Cc1ccc(Cl)cc1)NC(=S)Nc1ccccc1OCCOc1ccccc1. The van der Waals surface area contributed by atoms with Gasteiger partial charge in [-0.25, -0.2) is 0 Å². The number of halogens is 1. The van der Waals surface area contributed by atoms with Gasteiger partial charge in [-0.2, -0.15) is 0 Å². The molecule has 0 aliphatic carbocycles. The van der Waals surface area contributed by atoms with Gasteiger partial charge in [0.25, 0.3) is 0 Å². The van der Waals surface area contributed by atoms with Crippen LogP contribution in [0.5, 0.6) is 11.5 Å². The van der Waals surface area contributed by atoms with Crippen molar-refractivity contribution in [2.24, 2.45) is 0 Å². The zero-order valence-electron chi connectivity index (χ0n) is 16.1. The Morgan fingerprint density at radius 1 is 0.867 bits per heavy atom. The number of anilines is 1. The topological polar surface area (TPSA) is 59.6 Å². The highest BCUT2D eigenvalue weighted by molar-refractivity contribution is 7.80. The molecule has 0 unspecified atom stereocenters. The molecule has 0 saturated heterocycles. The monoisotopic (exact) mass is 440 g/mol. The maximum Gasteiger partial charge on any atom is 0.230 e. The van der Waals surface area contributed by atoms with E-state index in [0.717, 1.165) is 11.3 Å². The Morgan fingerprint density at radius 2 is 1.53 bits per heavy atom. The van der Waals surface area contributed by atoms with Crippen LogP contribution in [0, 0.1) is 0 Å². The van der Waals surface area contributed by atoms with Gasteiger partial charge in [0, 0.05) is 5.02 Å². The van der Waals surface area contributed by atoms with Crippen molar-refractivity contribution >= 4 is 40.5 Å². The molecule has 0 saturated carbocycles. The van der Waals surface area contributed by atoms with E-state index in [2.05, 4.69) is 10.6 Å². The summed E-state index contributed by atoms with van der Waals surface area (Å²) in [5.41, 5.74) is 1.51. The predicted molar refractivity (Wildman–Crippen MR) is 123 cm³/mol. The molecule has 5 nitrogen and oxygen atoms in total. The standard InChI is InChI=1S/C23H21ClN2O3S/c24-18-12-10-17(11-13-18)16-22(27)26-23(30)25-20-8-4-5-9-21(20)29-15-14-28-19-6-2-1-3-7-19/h1-13H,14-16H2,(H2,25,26,27,30). The number of ether oxygens (including phenoxy) is 2. The number of benzene rings is 3. The molecule has 0 bridgehead atoms. The van der Waals surface area contributed by atoms with Crippen LogP contribution in [-0.4, -0.2) is 24.2 Å². The van der Waals surface area contributed by atoms with Crippen molar-refractivity contribution in [1.82, 2.24) is 5.32 Å². The average molecular weight is 441 g/mol. The molecule has 2 N–H and O–H groups in total. The Morgan fingerprint density at radius 3 is 2.30 bits per heavy atom. The van der Waals surface area contributed by atoms with Gasteiger partial charge in [-0.3, -0.25) is 4.79 Å². The fourth-order valence-corrected chi connectivity index (χ4v) is 2.99. The molecule has 0 aliphatic heterocycles. The number of nitrogens with one attached hydrogen (secondary N) is 2. The molecule has 154 valence electrons. The van der Waals surface area contributed by atoms with Crippen molar-refractivity contribution in [3.63, 3.8) is 0 Å². The van der Waals surface area contributed by atoms with E-state index in [4.69, 9.17) is 33.3 Å². The first-order chi connectivity index (χ1) is 14.6. The summed E-state index contributed by atoms with van der Waals surface area (Å²) in [6.07, 6.45) is 0.202. The predicted octanol–water partition coefficient (Wildman–Crippen LogP) is 4.85. The van der Waals surface area contributed by atoms with E-state index < -0.39 is 0 Å². The molecule has 0 aliphatic rings. The first-order valence-electron chi connectivity index (χ1n) is 9.35. The van der Waals surface area contributed by atoms with Crippen LogP contribution in [0.1, 0.15) is 5.56 Å². The van der Waals surface area contributed by atoms with Crippen molar-refractivity contribution in [2.45, 2.75) is 6.42 Å². The lowest BCUT2D eigenvalue weighted by molar-refractivity contribution is -0.119. The number of para-hydroxylation sites is 3. The summed E-state index contributed by atoms with van der Waals surface area (Å²) < 4.78 is 11.4. The molecule has 1 amide bonds. The fourth-order valence-electron chi connectivity index (χ4n) is 2.64. The van der Waals surface area contributed by atoms with Gasteiger partial charge in [0.15, 0.2) is 5.11 Å². The minimum absolute atomic E-state index is 0.200. The second-order valence-corrected chi connectivity index (χ2v) is 7.16. The lowest BCUT2D eigenvalue weighted by Crippen LogP contribution is -2.35. The minimum Gasteiger partial charge on any atom is -0.490 e. The number of rotatable bonds is 8. The molecule has 3 aromatic rings. The second-order valence-electron chi connectivity index (χ2n) is 6.31. The molecule has 0 heterocycles. The van der Waals surface area contributed by atoms with Gasteiger partial charge in [-0.15, -0.1) is 0 Å². The fraction of sp³-hybridized carbons (Fsp3) is 0.130. The molecule has 0 radical (unpaired) electrons. The first kappa shape index (κ1) is 21.6. The number of carbonyl (C=O) groups excluding carboxylic acids is 1. The molecular weight excluding hydrogens is 420 g/mol. The third-order valence-corrected chi connectivity index (χ3v) is 4.48. The first-order valence-corrected chi connectivity index (χ1v) is 10.1. The molecular formula is C23H21ClN2O3S. The molecule has 0 fully saturated rings. The Hall–Kier alpha value is -3.09. The van der Waals surface area contributed by atoms with Gasteiger partial charge < -0.3 is 20.1 Å². The van der Waals surface area contributed by atoms with E-state index in [9.17, 15) is 4.79 Å². The van der Waals surface area contributed by atoms with Crippen molar-refractivity contribution in [3.8, 4) is 11.5 Å². The van der Waals surface area contributed by atoms with Crippen LogP contribution in [0.3, 0.4) is 0 Å². The molecule has 3 aromatic carbocycles. The average Bonchev–Trinajstić information content (AvgIpc) is 2.74. The van der Waals surface area contributed by atoms with Gasteiger partial charge in [0.1, 0.15) is 24.7 Å². The molecule has 3 rings (SSSR count). The molecule has 0 aromatic heterocycles. The van der Waals surface area contributed by atoms with Crippen LogP contribution in [0.15, 0.2) is 78.9 Å². The molecule has 0 atom stereocenters. The van der Waals surface area contributed by atoms with Gasteiger partial charge >= 0.3 is 0 Å². The Labute approximate surface area is 186 Å². The van der Waals surface area contributed by atoms with Gasteiger partial charge in [-0.1, -0.05) is 54.1 Å². The van der Waals surface area contributed by atoms with Crippen LogP contribution in [0.2, 0.25) is 5.02 Å². The summed E-state index contributed by atoms with van der Waals surface area (Å²) in [7, 11) is 0. The molecule has 0 spiro atoms. The van der Waals surface area contributed by atoms with Crippen molar-refractivity contribution < 1.29 is 14.3 Å². The second kappa shape index (κ2) is 11.2. The quantitative estimate of drug-likeness (QED) is 0.387. The van der Waals surface area contributed by atoms with E-state index >= 15 is 0 Å². The normalized spacial score (nSPS) is 10.2. The summed E-state index contributed by atoms with van der Waals surface area (Å²) >= 11 is 11.1. The summed E-state index contributed by atoms with van der Waals surface area (Å²) in [5, 5.41) is 6.51. The zero-order valence-corrected chi connectivity index (χ0v) is 17.7. The lowest BCUT2D eigenvalue weighted by Gasteiger charge is -2.14.